The lowest BCUT2D eigenvalue weighted by Gasteiger charge is -2.17. The maximum atomic E-state index is 12.2. The minimum Gasteiger partial charge on any atom is -0.454 e. The fourth-order valence-electron chi connectivity index (χ4n) is 1.76. The molecule has 1 rings (SSSR count). The highest BCUT2D eigenvalue weighted by Crippen LogP contribution is 2.07. The third kappa shape index (κ3) is 6.17. The van der Waals surface area contributed by atoms with Crippen LogP contribution >= 0.6 is 11.8 Å². The standard InChI is InChI=1S/C15H20N2O4S/c1-10-4-3-5-11(8-10)14(19)17-12(6-7-22-2)15(20)21-9-13(16)18/h3-5,8,12H,6-7,9H2,1-2H3,(H2,16,18)(H,17,19). The molecule has 1 aromatic rings. The Morgan fingerprint density at radius 1 is 1.36 bits per heavy atom. The van der Waals surface area contributed by atoms with Crippen molar-refractivity contribution >= 4 is 29.5 Å². The molecule has 1 unspecified atom stereocenters. The van der Waals surface area contributed by atoms with Crippen molar-refractivity contribution < 1.29 is 19.1 Å². The zero-order chi connectivity index (χ0) is 16.5. The van der Waals surface area contributed by atoms with Gasteiger partial charge in [-0.15, -0.1) is 0 Å². The Morgan fingerprint density at radius 3 is 2.68 bits per heavy atom. The molecule has 0 heterocycles. The van der Waals surface area contributed by atoms with Gasteiger partial charge in [-0.05, 0) is 37.5 Å². The number of hydrogen-bond acceptors (Lipinski definition) is 5. The maximum absolute atomic E-state index is 12.2. The lowest BCUT2D eigenvalue weighted by atomic mass is 10.1. The molecule has 0 aliphatic carbocycles. The third-order valence-corrected chi connectivity index (χ3v) is 3.48. The lowest BCUT2D eigenvalue weighted by Crippen LogP contribution is -2.43. The van der Waals surface area contributed by atoms with E-state index < -0.39 is 24.5 Å². The lowest BCUT2D eigenvalue weighted by molar-refractivity contribution is -0.149. The van der Waals surface area contributed by atoms with Gasteiger partial charge in [0.2, 0.25) is 0 Å². The van der Waals surface area contributed by atoms with Gasteiger partial charge in [0.1, 0.15) is 6.04 Å². The van der Waals surface area contributed by atoms with Gasteiger partial charge in [0.25, 0.3) is 11.8 Å². The summed E-state index contributed by atoms with van der Waals surface area (Å²) in [4.78, 5) is 34.8. The van der Waals surface area contributed by atoms with Crippen LogP contribution in [0.1, 0.15) is 22.3 Å². The Morgan fingerprint density at radius 2 is 2.09 bits per heavy atom. The summed E-state index contributed by atoms with van der Waals surface area (Å²) in [5.74, 6) is -1.08. The maximum Gasteiger partial charge on any atom is 0.329 e. The van der Waals surface area contributed by atoms with Crippen LogP contribution in [0, 0.1) is 6.92 Å². The van der Waals surface area contributed by atoms with Gasteiger partial charge in [0, 0.05) is 5.56 Å². The SMILES string of the molecule is CSCCC(NC(=O)c1cccc(C)c1)C(=O)OCC(N)=O. The summed E-state index contributed by atoms with van der Waals surface area (Å²) < 4.78 is 4.79. The number of esters is 1. The van der Waals surface area contributed by atoms with Gasteiger partial charge in [-0.3, -0.25) is 9.59 Å². The van der Waals surface area contributed by atoms with E-state index in [9.17, 15) is 14.4 Å². The molecule has 7 heteroatoms. The van der Waals surface area contributed by atoms with Crippen LogP contribution in [0.15, 0.2) is 24.3 Å². The highest BCUT2D eigenvalue weighted by atomic mass is 32.2. The third-order valence-electron chi connectivity index (χ3n) is 2.84. The average Bonchev–Trinajstić information content (AvgIpc) is 2.48. The number of carbonyl (C=O) groups is 3. The topological polar surface area (TPSA) is 98.5 Å². The summed E-state index contributed by atoms with van der Waals surface area (Å²) in [7, 11) is 0. The minimum absolute atomic E-state index is 0.356. The second kappa shape index (κ2) is 9.09. The fourth-order valence-corrected chi connectivity index (χ4v) is 2.23. The number of primary amides is 1. The van der Waals surface area contributed by atoms with Crippen LogP contribution < -0.4 is 11.1 Å². The minimum atomic E-state index is -0.806. The number of carbonyl (C=O) groups excluding carboxylic acids is 3. The fraction of sp³-hybridized carbons (Fsp3) is 0.400. The first-order valence-electron chi connectivity index (χ1n) is 6.75. The second-order valence-electron chi connectivity index (χ2n) is 4.75. The van der Waals surface area contributed by atoms with Crippen molar-refractivity contribution in [3.8, 4) is 0 Å². The number of thioether (sulfide) groups is 1. The second-order valence-corrected chi connectivity index (χ2v) is 5.74. The number of rotatable bonds is 8. The van der Waals surface area contributed by atoms with E-state index in [0.29, 0.717) is 17.7 Å². The van der Waals surface area contributed by atoms with Crippen LogP contribution in [0.2, 0.25) is 0 Å². The molecule has 0 fully saturated rings. The normalized spacial score (nSPS) is 11.5. The van der Waals surface area contributed by atoms with Gasteiger partial charge in [0.15, 0.2) is 6.61 Å². The summed E-state index contributed by atoms with van der Waals surface area (Å²) >= 11 is 1.55. The van der Waals surface area contributed by atoms with Gasteiger partial charge in [-0.2, -0.15) is 11.8 Å². The molecule has 6 nitrogen and oxygen atoms in total. The van der Waals surface area contributed by atoms with E-state index in [1.165, 1.54) is 0 Å². The van der Waals surface area contributed by atoms with Gasteiger partial charge in [-0.1, -0.05) is 17.7 Å². The average molecular weight is 324 g/mol. The number of amides is 2. The molecule has 2 amide bonds. The Bertz CT molecular complexity index is 548. The van der Waals surface area contributed by atoms with E-state index in [4.69, 9.17) is 10.5 Å². The van der Waals surface area contributed by atoms with Crippen molar-refractivity contribution in [1.82, 2.24) is 5.32 Å². The molecule has 22 heavy (non-hydrogen) atoms. The molecule has 0 radical (unpaired) electrons. The number of hydrogen-bond donors (Lipinski definition) is 2. The number of ether oxygens (including phenoxy) is 1. The summed E-state index contributed by atoms with van der Waals surface area (Å²) in [5.41, 5.74) is 6.36. The summed E-state index contributed by atoms with van der Waals surface area (Å²) in [5, 5.41) is 2.64. The highest BCUT2D eigenvalue weighted by Gasteiger charge is 2.23. The number of nitrogens with two attached hydrogens (primary N) is 1. The molecule has 1 aromatic carbocycles. The predicted octanol–water partition coefficient (Wildman–Crippen LogP) is 0.875. The molecule has 0 spiro atoms. The van der Waals surface area contributed by atoms with Crippen molar-refractivity contribution in [2.75, 3.05) is 18.6 Å². The van der Waals surface area contributed by atoms with E-state index in [-0.39, 0.29) is 5.91 Å². The number of aryl methyl sites for hydroxylation is 1. The molecular weight excluding hydrogens is 304 g/mol. The zero-order valence-electron chi connectivity index (χ0n) is 12.6. The van der Waals surface area contributed by atoms with E-state index in [1.807, 2.05) is 19.2 Å². The Hall–Kier alpha value is -2.02. The van der Waals surface area contributed by atoms with Crippen LogP contribution in [0.5, 0.6) is 0 Å². The molecule has 0 saturated carbocycles. The van der Waals surface area contributed by atoms with Gasteiger partial charge >= 0.3 is 5.97 Å². The van der Waals surface area contributed by atoms with Crippen LogP contribution in [0.3, 0.4) is 0 Å². The molecule has 120 valence electrons. The van der Waals surface area contributed by atoms with Crippen molar-refractivity contribution in [1.29, 1.82) is 0 Å². The molecule has 0 bridgehead atoms. The molecule has 0 saturated heterocycles. The quantitative estimate of drug-likeness (QED) is 0.692. The Kier molecular flexibility index (Phi) is 7.45. The molecule has 0 aromatic heterocycles. The monoisotopic (exact) mass is 324 g/mol. The largest absolute Gasteiger partial charge is 0.454 e. The van der Waals surface area contributed by atoms with Crippen molar-refractivity contribution in [3.05, 3.63) is 35.4 Å². The molecule has 0 aliphatic heterocycles. The number of nitrogens with one attached hydrogen (secondary N) is 1. The smallest absolute Gasteiger partial charge is 0.329 e. The summed E-state index contributed by atoms with van der Waals surface area (Å²) in [6, 6.07) is 6.24. The predicted molar refractivity (Wildman–Crippen MR) is 85.6 cm³/mol. The molecule has 1 atom stereocenters. The van der Waals surface area contributed by atoms with Gasteiger partial charge in [0.05, 0.1) is 0 Å². The van der Waals surface area contributed by atoms with E-state index in [1.54, 1.807) is 30.0 Å². The zero-order valence-corrected chi connectivity index (χ0v) is 13.4. The first kappa shape index (κ1) is 18.0. The van der Waals surface area contributed by atoms with Crippen LogP contribution in [-0.4, -0.2) is 42.4 Å². The van der Waals surface area contributed by atoms with Gasteiger partial charge < -0.3 is 15.8 Å². The van der Waals surface area contributed by atoms with E-state index >= 15 is 0 Å². The first-order chi connectivity index (χ1) is 10.4. The Labute approximate surface area is 133 Å². The van der Waals surface area contributed by atoms with Crippen molar-refractivity contribution in [2.45, 2.75) is 19.4 Å². The Balaban J connectivity index is 2.72. The summed E-state index contributed by atoms with van der Waals surface area (Å²) in [6.45, 7) is 1.39. The van der Waals surface area contributed by atoms with Crippen LogP contribution in [0.25, 0.3) is 0 Å². The van der Waals surface area contributed by atoms with Crippen molar-refractivity contribution in [2.24, 2.45) is 5.73 Å². The van der Waals surface area contributed by atoms with Crippen LogP contribution in [0.4, 0.5) is 0 Å². The first-order valence-corrected chi connectivity index (χ1v) is 8.15. The molecular formula is C15H20N2O4S. The number of benzene rings is 1. The highest BCUT2D eigenvalue weighted by molar-refractivity contribution is 7.98. The molecule has 0 aliphatic rings. The van der Waals surface area contributed by atoms with Crippen molar-refractivity contribution in [3.63, 3.8) is 0 Å². The van der Waals surface area contributed by atoms with Gasteiger partial charge in [-0.25, -0.2) is 4.79 Å². The summed E-state index contributed by atoms with van der Waals surface area (Å²) in [6.07, 6.45) is 2.31. The van der Waals surface area contributed by atoms with E-state index in [0.717, 1.165) is 5.56 Å². The molecule has 3 N–H and O–H groups in total. The van der Waals surface area contributed by atoms with Crippen LogP contribution in [-0.2, 0) is 14.3 Å². The van der Waals surface area contributed by atoms with E-state index in [2.05, 4.69) is 5.32 Å².